The van der Waals surface area contributed by atoms with Crippen LogP contribution in [-0.2, 0) is 0 Å². The van der Waals surface area contributed by atoms with Gasteiger partial charge in [-0.1, -0.05) is 35.0 Å². The lowest BCUT2D eigenvalue weighted by Gasteiger charge is -2.08. The van der Waals surface area contributed by atoms with Gasteiger partial charge in [-0.2, -0.15) is 0 Å². The number of aromatic nitrogens is 1. The summed E-state index contributed by atoms with van der Waals surface area (Å²) < 4.78 is 0. The summed E-state index contributed by atoms with van der Waals surface area (Å²) in [5.74, 6) is -0.332. The quantitative estimate of drug-likeness (QED) is 0.609. The summed E-state index contributed by atoms with van der Waals surface area (Å²) in [6.45, 7) is 1.94. The number of hydrogen-bond donors (Lipinski definition) is 0. The minimum atomic E-state index is -1.00. The maximum absolute atomic E-state index is 12.1. The van der Waals surface area contributed by atoms with E-state index >= 15 is 0 Å². The lowest BCUT2D eigenvalue weighted by Crippen LogP contribution is -2.10. The third-order valence-electron chi connectivity index (χ3n) is 2.69. The largest absolute Gasteiger partial charge is 0.291 e. The van der Waals surface area contributed by atoms with E-state index in [9.17, 15) is 9.70 Å². The Hall–Kier alpha value is -2.36. The van der Waals surface area contributed by atoms with Crippen LogP contribution in [0.25, 0.3) is 0 Å². The Balaban J connectivity index is 2.32. The van der Waals surface area contributed by atoms with Gasteiger partial charge in [0.05, 0.1) is 0 Å². The van der Waals surface area contributed by atoms with E-state index in [2.05, 4.69) is 10.2 Å². The third-order valence-corrected chi connectivity index (χ3v) is 2.69. The number of pyridine rings is 1. The van der Waals surface area contributed by atoms with Crippen LogP contribution in [-0.4, -0.2) is 10.8 Å². The fraction of sp³-hybridized carbons (Fsp3) is 0.143. The molecule has 4 heteroatoms. The molecular weight excluding hydrogens is 228 g/mol. The van der Waals surface area contributed by atoms with Crippen molar-refractivity contribution >= 4 is 5.78 Å². The highest BCUT2D eigenvalue weighted by atomic mass is 16.3. The number of benzene rings is 1. The zero-order chi connectivity index (χ0) is 13.0. The van der Waals surface area contributed by atoms with Crippen LogP contribution in [0.1, 0.15) is 27.5 Å². The Morgan fingerprint density at radius 2 is 1.94 bits per heavy atom. The Morgan fingerprint density at radius 3 is 2.50 bits per heavy atom. The zero-order valence-electron chi connectivity index (χ0n) is 9.91. The average Bonchev–Trinajstić information content (AvgIpc) is 2.42. The molecule has 0 N–H and O–H groups in total. The first-order valence-corrected chi connectivity index (χ1v) is 5.55. The first-order chi connectivity index (χ1) is 8.72. The second-order valence-electron chi connectivity index (χ2n) is 4.02. The lowest BCUT2D eigenvalue weighted by atomic mass is 9.98. The van der Waals surface area contributed by atoms with E-state index in [0.717, 1.165) is 5.56 Å². The Kier molecular flexibility index (Phi) is 3.57. The average molecular weight is 240 g/mol. The van der Waals surface area contributed by atoms with Gasteiger partial charge in [0.25, 0.3) is 0 Å². The Bertz CT molecular complexity index is 550. The number of carbonyl (C=O) groups excluding carboxylic acids is 1. The molecule has 0 spiro atoms. The summed E-state index contributed by atoms with van der Waals surface area (Å²) in [6, 6.07) is 9.47. The van der Waals surface area contributed by atoms with Gasteiger partial charge in [0.1, 0.15) is 0 Å². The van der Waals surface area contributed by atoms with Gasteiger partial charge < -0.3 is 0 Å². The number of Topliss-reactive ketones (excluding diaryl/α,β-unsaturated/α-hetero) is 1. The molecule has 0 amide bonds. The summed E-state index contributed by atoms with van der Waals surface area (Å²) >= 11 is 0. The molecule has 1 aromatic carbocycles. The van der Waals surface area contributed by atoms with Crippen molar-refractivity contribution in [3.63, 3.8) is 0 Å². The van der Waals surface area contributed by atoms with Crippen molar-refractivity contribution in [3.05, 3.63) is 70.4 Å². The fourth-order valence-electron chi connectivity index (χ4n) is 1.68. The molecule has 1 heterocycles. The molecule has 0 radical (unpaired) electrons. The lowest BCUT2D eigenvalue weighted by molar-refractivity contribution is 0.0961. The first kappa shape index (κ1) is 12.1. The van der Waals surface area contributed by atoms with Gasteiger partial charge in [-0.05, 0) is 24.6 Å². The monoisotopic (exact) mass is 240 g/mol. The van der Waals surface area contributed by atoms with Crippen molar-refractivity contribution < 1.29 is 4.79 Å². The number of rotatable bonds is 4. The van der Waals surface area contributed by atoms with Gasteiger partial charge in [0.15, 0.2) is 11.8 Å². The molecule has 1 unspecified atom stereocenters. The minimum Gasteiger partial charge on any atom is -0.291 e. The van der Waals surface area contributed by atoms with Gasteiger partial charge in [0.2, 0.25) is 0 Å². The van der Waals surface area contributed by atoms with E-state index < -0.39 is 6.04 Å². The normalized spacial score (nSPS) is 11.8. The molecule has 0 saturated heterocycles. The number of nitrogens with zero attached hydrogens (tertiary/aromatic N) is 2. The SMILES string of the molecule is Cc1ccc(C(N=O)C(=O)c2cccnc2)cc1. The molecule has 2 aromatic rings. The standard InChI is InChI=1S/C14H12N2O2/c1-10-4-6-11(7-5-10)13(16-18)14(17)12-3-2-8-15-9-12/h2-9,13H,1H3. The highest BCUT2D eigenvalue weighted by Gasteiger charge is 2.22. The first-order valence-electron chi connectivity index (χ1n) is 5.55. The van der Waals surface area contributed by atoms with E-state index in [4.69, 9.17) is 0 Å². The highest BCUT2D eigenvalue weighted by molar-refractivity contribution is 6.00. The van der Waals surface area contributed by atoms with Crippen LogP contribution in [0.15, 0.2) is 54.0 Å². The van der Waals surface area contributed by atoms with Crippen LogP contribution in [0.4, 0.5) is 0 Å². The molecule has 1 atom stereocenters. The molecular formula is C14H12N2O2. The topological polar surface area (TPSA) is 59.4 Å². The molecule has 0 aliphatic heterocycles. The van der Waals surface area contributed by atoms with Gasteiger partial charge in [-0.3, -0.25) is 9.78 Å². The van der Waals surface area contributed by atoms with Crippen molar-refractivity contribution in [2.24, 2.45) is 5.18 Å². The number of hydrogen-bond acceptors (Lipinski definition) is 4. The number of ketones is 1. The molecule has 18 heavy (non-hydrogen) atoms. The van der Waals surface area contributed by atoms with Crippen LogP contribution in [0.3, 0.4) is 0 Å². The Morgan fingerprint density at radius 1 is 1.22 bits per heavy atom. The van der Waals surface area contributed by atoms with E-state index in [0.29, 0.717) is 11.1 Å². The van der Waals surface area contributed by atoms with E-state index in [1.165, 1.54) is 6.20 Å². The van der Waals surface area contributed by atoms with Crippen molar-refractivity contribution in [1.29, 1.82) is 0 Å². The molecule has 0 fully saturated rings. The van der Waals surface area contributed by atoms with Crippen LogP contribution >= 0.6 is 0 Å². The van der Waals surface area contributed by atoms with Gasteiger partial charge in [0, 0.05) is 18.0 Å². The smallest absolute Gasteiger partial charge is 0.197 e. The predicted molar refractivity (Wildman–Crippen MR) is 68.3 cm³/mol. The van der Waals surface area contributed by atoms with Gasteiger partial charge in [-0.15, -0.1) is 4.91 Å². The van der Waals surface area contributed by atoms with Gasteiger partial charge in [-0.25, -0.2) is 0 Å². The summed E-state index contributed by atoms with van der Waals surface area (Å²) in [5.41, 5.74) is 2.06. The van der Waals surface area contributed by atoms with Crippen LogP contribution in [0.2, 0.25) is 0 Å². The van der Waals surface area contributed by atoms with E-state index in [1.807, 2.05) is 19.1 Å². The van der Waals surface area contributed by atoms with Crippen molar-refractivity contribution in [3.8, 4) is 0 Å². The molecule has 0 aliphatic carbocycles. The van der Waals surface area contributed by atoms with Crippen molar-refractivity contribution in [2.75, 3.05) is 0 Å². The second kappa shape index (κ2) is 5.31. The zero-order valence-corrected chi connectivity index (χ0v) is 9.91. The minimum absolute atomic E-state index is 0.332. The molecule has 4 nitrogen and oxygen atoms in total. The summed E-state index contributed by atoms with van der Waals surface area (Å²) in [6.07, 6.45) is 3.01. The summed E-state index contributed by atoms with van der Waals surface area (Å²) in [4.78, 5) is 26.9. The van der Waals surface area contributed by atoms with Gasteiger partial charge >= 0.3 is 0 Å². The third kappa shape index (κ3) is 2.48. The predicted octanol–water partition coefficient (Wildman–Crippen LogP) is 3.08. The van der Waals surface area contributed by atoms with E-state index in [-0.39, 0.29) is 5.78 Å². The number of aryl methyl sites for hydroxylation is 1. The molecule has 1 aromatic heterocycles. The fourth-order valence-corrected chi connectivity index (χ4v) is 1.68. The maximum atomic E-state index is 12.1. The highest BCUT2D eigenvalue weighted by Crippen LogP contribution is 2.22. The number of nitroso groups, excluding NO2 is 1. The van der Waals surface area contributed by atoms with Crippen molar-refractivity contribution in [2.45, 2.75) is 13.0 Å². The van der Waals surface area contributed by atoms with E-state index in [1.54, 1.807) is 30.5 Å². The molecule has 2 rings (SSSR count). The van der Waals surface area contributed by atoms with Crippen LogP contribution < -0.4 is 0 Å². The number of carbonyl (C=O) groups is 1. The Labute approximate surface area is 105 Å². The maximum Gasteiger partial charge on any atom is 0.197 e. The second-order valence-corrected chi connectivity index (χ2v) is 4.02. The molecule has 0 aliphatic rings. The van der Waals surface area contributed by atoms with Crippen molar-refractivity contribution in [1.82, 2.24) is 4.98 Å². The summed E-state index contributed by atoms with van der Waals surface area (Å²) in [5, 5.41) is 2.94. The van der Waals surface area contributed by atoms with Crippen LogP contribution in [0, 0.1) is 11.8 Å². The molecule has 0 saturated carbocycles. The molecule has 0 bridgehead atoms. The summed E-state index contributed by atoms with van der Waals surface area (Å²) in [7, 11) is 0. The van der Waals surface area contributed by atoms with Crippen LogP contribution in [0.5, 0.6) is 0 Å². The molecule has 90 valence electrons.